The largest absolute Gasteiger partial charge is 0.508 e. The standard InChI is InChI=1S/C11H12N2O/c12-8-9-3-4-10(14)7-11(9)13-5-1-2-6-13/h3-4,7,14H,1-2,5-6H2. The van der Waals surface area contributed by atoms with Gasteiger partial charge in [0, 0.05) is 19.2 Å². The van der Waals surface area contributed by atoms with Crippen molar-refractivity contribution in [3.8, 4) is 11.8 Å². The summed E-state index contributed by atoms with van der Waals surface area (Å²) in [6.45, 7) is 1.97. The second-order valence-corrected chi connectivity index (χ2v) is 3.51. The van der Waals surface area contributed by atoms with Crippen molar-refractivity contribution < 1.29 is 5.11 Å². The number of hydrogen-bond donors (Lipinski definition) is 1. The first-order valence-electron chi connectivity index (χ1n) is 4.79. The van der Waals surface area contributed by atoms with Gasteiger partial charge in [-0.25, -0.2) is 0 Å². The molecule has 0 aliphatic carbocycles. The van der Waals surface area contributed by atoms with Crippen molar-refractivity contribution in [3.63, 3.8) is 0 Å². The Balaban J connectivity index is 2.39. The highest BCUT2D eigenvalue weighted by molar-refractivity contribution is 5.62. The lowest BCUT2D eigenvalue weighted by atomic mass is 10.1. The van der Waals surface area contributed by atoms with Crippen molar-refractivity contribution in [2.75, 3.05) is 18.0 Å². The van der Waals surface area contributed by atoms with Gasteiger partial charge in [-0.1, -0.05) is 0 Å². The van der Waals surface area contributed by atoms with Crippen molar-refractivity contribution in [2.24, 2.45) is 0 Å². The molecule has 0 saturated carbocycles. The summed E-state index contributed by atoms with van der Waals surface area (Å²) in [5.74, 6) is 0.228. The summed E-state index contributed by atoms with van der Waals surface area (Å²) in [7, 11) is 0. The van der Waals surface area contributed by atoms with Gasteiger partial charge >= 0.3 is 0 Å². The smallest absolute Gasteiger partial charge is 0.117 e. The topological polar surface area (TPSA) is 47.3 Å². The van der Waals surface area contributed by atoms with E-state index in [-0.39, 0.29) is 5.75 Å². The quantitative estimate of drug-likeness (QED) is 0.731. The molecular weight excluding hydrogens is 176 g/mol. The fourth-order valence-corrected chi connectivity index (χ4v) is 1.83. The highest BCUT2D eigenvalue weighted by Crippen LogP contribution is 2.27. The van der Waals surface area contributed by atoms with Crippen molar-refractivity contribution in [2.45, 2.75) is 12.8 Å². The Bertz CT molecular complexity index is 375. The molecule has 0 spiro atoms. The first kappa shape index (κ1) is 8.89. The van der Waals surface area contributed by atoms with Crippen molar-refractivity contribution in [1.29, 1.82) is 5.26 Å². The minimum absolute atomic E-state index is 0.228. The van der Waals surface area contributed by atoms with Crippen LogP contribution in [0.25, 0.3) is 0 Å². The first-order chi connectivity index (χ1) is 6.81. The molecule has 0 radical (unpaired) electrons. The minimum atomic E-state index is 0.228. The van der Waals surface area contributed by atoms with Crippen LogP contribution in [0.15, 0.2) is 18.2 Å². The first-order valence-corrected chi connectivity index (χ1v) is 4.79. The fourth-order valence-electron chi connectivity index (χ4n) is 1.83. The zero-order chi connectivity index (χ0) is 9.97. The lowest BCUT2D eigenvalue weighted by Gasteiger charge is -2.18. The third kappa shape index (κ3) is 1.51. The van der Waals surface area contributed by atoms with E-state index in [1.54, 1.807) is 18.2 Å². The summed E-state index contributed by atoms with van der Waals surface area (Å²) >= 11 is 0. The van der Waals surface area contributed by atoms with Crippen LogP contribution >= 0.6 is 0 Å². The number of aromatic hydroxyl groups is 1. The highest BCUT2D eigenvalue weighted by atomic mass is 16.3. The molecule has 3 heteroatoms. The van der Waals surface area contributed by atoms with E-state index < -0.39 is 0 Å². The Morgan fingerprint density at radius 1 is 1.29 bits per heavy atom. The van der Waals surface area contributed by atoms with Gasteiger partial charge in [-0.3, -0.25) is 0 Å². The maximum Gasteiger partial charge on any atom is 0.117 e. The van der Waals surface area contributed by atoms with Gasteiger partial charge in [-0.15, -0.1) is 0 Å². The van der Waals surface area contributed by atoms with E-state index in [0.717, 1.165) is 18.8 Å². The third-order valence-corrected chi connectivity index (χ3v) is 2.55. The summed E-state index contributed by atoms with van der Waals surface area (Å²) in [6, 6.07) is 7.04. The van der Waals surface area contributed by atoms with Gasteiger partial charge in [0.1, 0.15) is 11.8 Å². The van der Waals surface area contributed by atoms with E-state index in [0.29, 0.717) is 5.56 Å². The molecule has 14 heavy (non-hydrogen) atoms. The van der Waals surface area contributed by atoms with Gasteiger partial charge in [-0.05, 0) is 25.0 Å². The minimum Gasteiger partial charge on any atom is -0.508 e. The summed E-state index contributed by atoms with van der Waals surface area (Å²) < 4.78 is 0. The second-order valence-electron chi connectivity index (χ2n) is 3.51. The van der Waals surface area contributed by atoms with Crippen LogP contribution in [0.4, 0.5) is 5.69 Å². The van der Waals surface area contributed by atoms with Gasteiger partial charge in [0.05, 0.1) is 11.3 Å². The van der Waals surface area contributed by atoms with Crippen LogP contribution in [0.1, 0.15) is 18.4 Å². The molecular formula is C11H12N2O. The molecule has 3 nitrogen and oxygen atoms in total. The van der Waals surface area contributed by atoms with Crippen molar-refractivity contribution >= 4 is 5.69 Å². The van der Waals surface area contributed by atoms with E-state index in [1.807, 2.05) is 0 Å². The van der Waals surface area contributed by atoms with Crippen molar-refractivity contribution in [1.82, 2.24) is 0 Å². The molecule has 0 unspecified atom stereocenters. The number of anilines is 1. The zero-order valence-electron chi connectivity index (χ0n) is 7.90. The van der Waals surface area contributed by atoms with Crippen LogP contribution in [0.5, 0.6) is 5.75 Å². The zero-order valence-corrected chi connectivity index (χ0v) is 7.90. The third-order valence-electron chi connectivity index (χ3n) is 2.55. The highest BCUT2D eigenvalue weighted by Gasteiger charge is 2.15. The number of phenols is 1. The van der Waals surface area contributed by atoms with E-state index in [9.17, 15) is 5.11 Å². The Labute approximate surface area is 83.2 Å². The lowest BCUT2D eigenvalue weighted by molar-refractivity contribution is 0.475. The van der Waals surface area contributed by atoms with Gasteiger partial charge in [0.15, 0.2) is 0 Å². The van der Waals surface area contributed by atoms with Crippen LogP contribution in [-0.2, 0) is 0 Å². The molecule has 2 rings (SSSR count). The number of phenolic OH excluding ortho intramolecular Hbond substituents is 1. The van der Waals surface area contributed by atoms with Gasteiger partial charge in [0.25, 0.3) is 0 Å². The lowest BCUT2D eigenvalue weighted by Crippen LogP contribution is -2.18. The number of hydrogen-bond acceptors (Lipinski definition) is 3. The van der Waals surface area contributed by atoms with Crippen molar-refractivity contribution in [3.05, 3.63) is 23.8 Å². The molecule has 1 N–H and O–H groups in total. The molecule has 1 aliphatic heterocycles. The van der Waals surface area contributed by atoms with Crippen LogP contribution in [0.3, 0.4) is 0 Å². The fraction of sp³-hybridized carbons (Fsp3) is 0.364. The Kier molecular flexibility index (Phi) is 2.28. The predicted molar refractivity (Wildman–Crippen MR) is 54.3 cm³/mol. The van der Waals surface area contributed by atoms with E-state index in [2.05, 4.69) is 11.0 Å². The molecule has 1 saturated heterocycles. The molecule has 72 valence electrons. The molecule has 0 aromatic heterocycles. The number of nitriles is 1. The van der Waals surface area contributed by atoms with Gasteiger partial charge in [0.2, 0.25) is 0 Å². The average molecular weight is 188 g/mol. The van der Waals surface area contributed by atoms with E-state index in [4.69, 9.17) is 5.26 Å². The maximum atomic E-state index is 9.36. The molecule has 0 amide bonds. The molecule has 1 aromatic rings. The Morgan fingerprint density at radius 3 is 2.64 bits per heavy atom. The molecule has 1 aromatic carbocycles. The van der Waals surface area contributed by atoms with Gasteiger partial charge in [-0.2, -0.15) is 5.26 Å². The molecule has 0 atom stereocenters. The van der Waals surface area contributed by atoms with Crippen LogP contribution in [0.2, 0.25) is 0 Å². The molecule has 0 bridgehead atoms. The molecule has 1 heterocycles. The van der Waals surface area contributed by atoms with E-state index in [1.165, 1.54) is 12.8 Å². The Hall–Kier alpha value is -1.69. The molecule has 1 aliphatic rings. The number of rotatable bonds is 1. The SMILES string of the molecule is N#Cc1ccc(O)cc1N1CCCC1. The molecule has 1 fully saturated rings. The summed E-state index contributed by atoms with van der Waals surface area (Å²) in [5, 5.41) is 18.3. The normalized spacial score (nSPS) is 15.5. The Morgan fingerprint density at radius 2 is 2.00 bits per heavy atom. The number of benzene rings is 1. The average Bonchev–Trinajstić information content (AvgIpc) is 2.70. The van der Waals surface area contributed by atoms with Crippen LogP contribution < -0.4 is 4.90 Å². The van der Waals surface area contributed by atoms with Gasteiger partial charge < -0.3 is 10.0 Å². The van der Waals surface area contributed by atoms with E-state index >= 15 is 0 Å². The number of nitrogens with zero attached hydrogens (tertiary/aromatic N) is 2. The summed E-state index contributed by atoms with van der Waals surface area (Å²) in [4.78, 5) is 2.15. The monoisotopic (exact) mass is 188 g/mol. The van der Waals surface area contributed by atoms with Crippen LogP contribution in [-0.4, -0.2) is 18.2 Å². The predicted octanol–water partition coefficient (Wildman–Crippen LogP) is 1.86. The summed E-state index contributed by atoms with van der Waals surface area (Å²) in [6.07, 6.45) is 2.33. The summed E-state index contributed by atoms with van der Waals surface area (Å²) in [5.41, 5.74) is 1.51. The van der Waals surface area contributed by atoms with Crippen LogP contribution in [0, 0.1) is 11.3 Å². The second kappa shape index (κ2) is 3.59. The maximum absolute atomic E-state index is 9.36.